The molecule has 1 atom stereocenters. The smallest absolute Gasteiger partial charge is 0.220 e. The van der Waals surface area contributed by atoms with Crippen molar-refractivity contribution >= 4 is 17.5 Å². The molecule has 3 aromatic rings. The van der Waals surface area contributed by atoms with E-state index in [9.17, 15) is 9.90 Å². The third-order valence-corrected chi connectivity index (χ3v) is 4.36. The molecule has 0 saturated carbocycles. The number of aryl methyl sites for hydroxylation is 1. The molecule has 1 heterocycles. The molecule has 1 unspecified atom stereocenters. The summed E-state index contributed by atoms with van der Waals surface area (Å²) in [6.45, 7) is 0.175. The van der Waals surface area contributed by atoms with Gasteiger partial charge in [0.15, 0.2) is 0 Å². The molecular formula is C21H20ClNO3. The number of aliphatic hydroxyl groups excluding tert-OH is 1. The van der Waals surface area contributed by atoms with Gasteiger partial charge in [-0.15, -0.1) is 0 Å². The summed E-state index contributed by atoms with van der Waals surface area (Å²) in [7, 11) is 0. The van der Waals surface area contributed by atoms with Gasteiger partial charge in [-0.2, -0.15) is 0 Å². The van der Waals surface area contributed by atoms with Gasteiger partial charge >= 0.3 is 0 Å². The molecule has 5 heteroatoms. The first-order chi connectivity index (χ1) is 12.6. The van der Waals surface area contributed by atoms with Gasteiger partial charge in [0.2, 0.25) is 5.91 Å². The average molecular weight is 370 g/mol. The van der Waals surface area contributed by atoms with E-state index < -0.39 is 6.10 Å². The van der Waals surface area contributed by atoms with Gasteiger partial charge in [-0.25, -0.2) is 0 Å². The predicted octanol–water partition coefficient (Wildman–Crippen LogP) is 4.38. The molecule has 0 aliphatic rings. The Hall–Kier alpha value is -2.56. The summed E-state index contributed by atoms with van der Waals surface area (Å²) >= 11 is 5.93. The molecule has 0 saturated heterocycles. The van der Waals surface area contributed by atoms with Gasteiger partial charge in [0.1, 0.15) is 5.76 Å². The van der Waals surface area contributed by atoms with E-state index in [0.29, 0.717) is 17.9 Å². The second-order valence-corrected chi connectivity index (χ2v) is 6.49. The lowest BCUT2D eigenvalue weighted by atomic mass is 10.1. The van der Waals surface area contributed by atoms with Crippen molar-refractivity contribution in [2.45, 2.75) is 18.9 Å². The highest BCUT2D eigenvalue weighted by molar-refractivity contribution is 6.30. The Balaban J connectivity index is 1.47. The second-order valence-electron chi connectivity index (χ2n) is 6.05. The molecule has 0 aliphatic heterocycles. The Kier molecular flexibility index (Phi) is 6.10. The van der Waals surface area contributed by atoms with Crippen LogP contribution in [-0.2, 0) is 11.2 Å². The summed E-state index contributed by atoms with van der Waals surface area (Å²) in [6, 6.07) is 18.6. The number of hydrogen-bond acceptors (Lipinski definition) is 3. The summed E-state index contributed by atoms with van der Waals surface area (Å²) in [6.07, 6.45) is 1.83. The van der Waals surface area contributed by atoms with Gasteiger partial charge in [0.25, 0.3) is 0 Å². The van der Waals surface area contributed by atoms with Crippen LogP contribution in [0, 0.1) is 0 Å². The predicted molar refractivity (Wildman–Crippen MR) is 102 cm³/mol. The maximum atomic E-state index is 12.0. The summed E-state index contributed by atoms with van der Waals surface area (Å²) < 4.78 is 5.34. The highest BCUT2D eigenvalue weighted by Gasteiger charge is 2.10. The van der Waals surface area contributed by atoms with Crippen molar-refractivity contribution in [2.24, 2.45) is 0 Å². The number of hydrogen-bond donors (Lipinski definition) is 2. The molecule has 1 amide bonds. The monoisotopic (exact) mass is 369 g/mol. The van der Waals surface area contributed by atoms with Gasteiger partial charge < -0.3 is 14.8 Å². The molecule has 2 aromatic carbocycles. The van der Waals surface area contributed by atoms with E-state index in [-0.39, 0.29) is 12.5 Å². The number of nitrogens with one attached hydrogen (secondary N) is 1. The van der Waals surface area contributed by atoms with Crippen molar-refractivity contribution in [1.82, 2.24) is 5.32 Å². The molecular weight excluding hydrogens is 350 g/mol. The van der Waals surface area contributed by atoms with Crippen molar-refractivity contribution in [3.8, 4) is 11.3 Å². The fourth-order valence-electron chi connectivity index (χ4n) is 2.68. The topological polar surface area (TPSA) is 62.5 Å². The molecule has 2 N–H and O–H groups in total. The molecule has 26 heavy (non-hydrogen) atoms. The maximum Gasteiger partial charge on any atom is 0.220 e. The van der Waals surface area contributed by atoms with E-state index in [0.717, 1.165) is 22.5 Å². The van der Waals surface area contributed by atoms with Crippen molar-refractivity contribution in [1.29, 1.82) is 0 Å². The zero-order chi connectivity index (χ0) is 18.4. The highest BCUT2D eigenvalue weighted by atomic mass is 35.5. The molecule has 0 spiro atoms. The van der Waals surface area contributed by atoms with Gasteiger partial charge in [0, 0.05) is 23.6 Å². The SMILES string of the molecule is O=C(CCc1cccc(Cl)c1)NCC(O)c1ccc(-c2ccco2)cc1. The first kappa shape index (κ1) is 18.2. The minimum Gasteiger partial charge on any atom is -0.464 e. The number of aliphatic hydroxyl groups is 1. The number of carbonyl (C=O) groups excluding carboxylic acids is 1. The van der Waals surface area contributed by atoms with Crippen LogP contribution in [0.1, 0.15) is 23.7 Å². The van der Waals surface area contributed by atoms with Crippen LogP contribution in [0.2, 0.25) is 5.02 Å². The Bertz CT molecular complexity index is 844. The molecule has 0 aliphatic carbocycles. The zero-order valence-corrected chi connectivity index (χ0v) is 14.9. The number of benzene rings is 2. The minimum absolute atomic E-state index is 0.101. The number of amides is 1. The van der Waals surface area contributed by atoms with E-state index >= 15 is 0 Å². The molecule has 3 rings (SSSR count). The third-order valence-electron chi connectivity index (χ3n) is 4.12. The summed E-state index contributed by atoms with van der Waals surface area (Å²) in [5, 5.41) is 13.7. The standard InChI is InChI=1S/C21H20ClNO3/c22-18-4-1-3-15(13-18)6-11-21(25)23-14-19(24)16-7-9-17(10-8-16)20-5-2-12-26-20/h1-5,7-10,12-13,19,24H,6,11,14H2,(H,23,25). The summed E-state index contributed by atoms with van der Waals surface area (Å²) in [4.78, 5) is 12.0. The van der Waals surface area contributed by atoms with Crippen LogP contribution in [0.3, 0.4) is 0 Å². The zero-order valence-electron chi connectivity index (χ0n) is 14.2. The van der Waals surface area contributed by atoms with Crippen molar-refractivity contribution in [3.63, 3.8) is 0 Å². The quantitative estimate of drug-likeness (QED) is 0.649. The average Bonchev–Trinajstić information content (AvgIpc) is 3.19. The summed E-state index contributed by atoms with van der Waals surface area (Å²) in [5.41, 5.74) is 2.70. The van der Waals surface area contributed by atoms with E-state index in [1.165, 1.54) is 0 Å². The van der Waals surface area contributed by atoms with E-state index in [4.69, 9.17) is 16.0 Å². The lowest BCUT2D eigenvalue weighted by Gasteiger charge is -2.13. The van der Waals surface area contributed by atoms with Crippen molar-refractivity contribution in [3.05, 3.63) is 83.1 Å². The molecule has 134 valence electrons. The van der Waals surface area contributed by atoms with E-state index in [2.05, 4.69) is 5.32 Å². The van der Waals surface area contributed by atoms with Crippen molar-refractivity contribution in [2.75, 3.05) is 6.54 Å². The van der Waals surface area contributed by atoms with Gasteiger partial charge in [-0.3, -0.25) is 4.79 Å². The van der Waals surface area contributed by atoms with Crippen LogP contribution in [0.15, 0.2) is 71.3 Å². The van der Waals surface area contributed by atoms with E-state index in [1.54, 1.807) is 12.3 Å². The van der Waals surface area contributed by atoms with Crippen LogP contribution in [0.25, 0.3) is 11.3 Å². The molecule has 0 radical (unpaired) electrons. The fourth-order valence-corrected chi connectivity index (χ4v) is 2.89. The first-order valence-corrected chi connectivity index (χ1v) is 8.82. The fraction of sp³-hybridized carbons (Fsp3) is 0.190. The van der Waals surface area contributed by atoms with Crippen LogP contribution < -0.4 is 5.32 Å². The van der Waals surface area contributed by atoms with E-state index in [1.807, 2.05) is 54.6 Å². The van der Waals surface area contributed by atoms with Crippen molar-refractivity contribution < 1.29 is 14.3 Å². The largest absolute Gasteiger partial charge is 0.464 e. The molecule has 0 fully saturated rings. The Labute approximate surface area is 157 Å². The third kappa shape index (κ3) is 4.97. The normalized spacial score (nSPS) is 11.9. The van der Waals surface area contributed by atoms with Gasteiger partial charge in [-0.1, -0.05) is 48.0 Å². The van der Waals surface area contributed by atoms with Gasteiger partial charge in [-0.05, 0) is 41.8 Å². The summed E-state index contributed by atoms with van der Waals surface area (Å²) in [5.74, 6) is 0.677. The Morgan fingerprint density at radius 3 is 2.62 bits per heavy atom. The molecule has 0 bridgehead atoms. The lowest BCUT2D eigenvalue weighted by molar-refractivity contribution is -0.121. The Morgan fingerprint density at radius 1 is 1.12 bits per heavy atom. The molecule has 4 nitrogen and oxygen atoms in total. The number of rotatable bonds is 7. The van der Waals surface area contributed by atoms with Crippen LogP contribution in [-0.4, -0.2) is 17.6 Å². The van der Waals surface area contributed by atoms with Gasteiger partial charge in [0.05, 0.1) is 12.4 Å². The number of carbonyl (C=O) groups is 1. The Morgan fingerprint density at radius 2 is 1.92 bits per heavy atom. The van der Waals surface area contributed by atoms with Crippen LogP contribution in [0.4, 0.5) is 0 Å². The highest BCUT2D eigenvalue weighted by Crippen LogP contribution is 2.22. The maximum absolute atomic E-state index is 12.0. The first-order valence-electron chi connectivity index (χ1n) is 8.45. The minimum atomic E-state index is -0.754. The lowest BCUT2D eigenvalue weighted by Crippen LogP contribution is -2.28. The molecule has 1 aromatic heterocycles. The van der Waals surface area contributed by atoms with Crippen LogP contribution in [0.5, 0.6) is 0 Å². The second kappa shape index (κ2) is 8.70. The van der Waals surface area contributed by atoms with Crippen LogP contribution >= 0.6 is 11.6 Å². The number of furan rings is 1. The number of halogens is 1.